The first-order chi connectivity index (χ1) is 12.2. The van der Waals surface area contributed by atoms with Gasteiger partial charge in [0.1, 0.15) is 5.75 Å². The lowest BCUT2D eigenvalue weighted by Crippen LogP contribution is -2.19. The van der Waals surface area contributed by atoms with Crippen LogP contribution in [-0.2, 0) is 0 Å². The SMILES string of the molecule is CCCCCCOc1ccc(C(=O)N/N=C(\C)c2ccccc2)cc1. The lowest BCUT2D eigenvalue weighted by atomic mass is 10.1. The molecule has 0 aliphatic carbocycles. The number of nitrogens with one attached hydrogen (secondary N) is 1. The fourth-order valence-corrected chi connectivity index (χ4v) is 2.36. The van der Waals surface area contributed by atoms with E-state index in [9.17, 15) is 4.79 Å². The molecule has 0 atom stereocenters. The van der Waals surface area contributed by atoms with Crippen LogP contribution in [-0.4, -0.2) is 18.2 Å². The van der Waals surface area contributed by atoms with Crippen molar-refractivity contribution in [1.82, 2.24) is 5.43 Å². The van der Waals surface area contributed by atoms with Gasteiger partial charge in [0.15, 0.2) is 0 Å². The summed E-state index contributed by atoms with van der Waals surface area (Å²) in [6.45, 7) is 4.77. The fourth-order valence-electron chi connectivity index (χ4n) is 2.36. The molecule has 0 aliphatic heterocycles. The first-order valence-corrected chi connectivity index (χ1v) is 8.83. The third-order valence-electron chi connectivity index (χ3n) is 3.90. The van der Waals surface area contributed by atoms with Gasteiger partial charge in [-0.2, -0.15) is 5.10 Å². The van der Waals surface area contributed by atoms with Crippen molar-refractivity contribution < 1.29 is 9.53 Å². The molecule has 0 saturated heterocycles. The quantitative estimate of drug-likeness (QED) is 0.406. The molecule has 132 valence electrons. The Bertz CT molecular complexity index is 679. The Morgan fingerprint density at radius 2 is 1.68 bits per heavy atom. The van der Waals surface area contributed by atoms with Gasteiger partial charge in [0, 0.05) is 5.56 Å². The molecule has 4 nitrogen and oxygen atoms in total. The molecule has 2 aromatic carbocycles. The van der Waals surface area contributed by atoms with Crippen LogP contribution in [0.2, 0.25) is 0 Å². The van der Waals surface area contributed by atoms with E-state index in [0.717, 1.165) is 23.4 Å². The van der Waals surface area contributed by atoms with Crippen molar-refractivity contribution in [1.29, 1.82) is 0 Å². The zero-order valence-corrected chi connectivity index (χ0v) is 15.0. The molecule has 0 aromatic heterocycles. The molecule has 0 radical (unpaired) electrons. The van der Waals surface area contributed by atoms with Crippen LogP contribution in [0, 0.1) is 0 Å². The number of ether oxygens (including phenoxy) is 1. The van der Waals surface area contributed by atoms with Crippen molar-refractivity contribution in [3.63, 3.8) is 0 Å². The van der Waals surface area contributed by atoms with Gasteiger partial charge in [0.2, 0.25) is 0 Å². The maximum Gasteiger partial charge on any atom is 0.271 e. The predicted molar refractivity (Wildman–Crippen MR) is 102 cm³/mol. The van der Waals surface area contributed by atoms with Crippen LogP contribution in [0.25, 0.3) is 0 Å². The molecule has 2 rings (SSSR count). The number of unbranched alkanes of at least 4 members (excludes halogenated alkanes) is 3. The zero-order chi connectivity index (χ0) is 17.9. The number of rotatable bonds is 9. The van der Waals surface area contributed by atoms with Crippen molar-refractivity contribution in [2.24, 2.45) is 5.10 Å². The van der Waals surface area contributed by atoms with Crippen LogP contribution in [0.4, 0.5) is 0 Å². The van der Waals surface area contributed by atoms with Crippen molar-refractivity contribution in [2.45, 2.75) is 39.5 Å². The molecular formula is C21H26N2O2. The van der Waals surface area contributed by atoms with Crippen LogP contribution in [0.5, 0.6) is 5.75 Å². The monoisotopic (exact) mass is 338 g/mol. The van der Waals surface area contributed by atoms with E-state index < -0.39 is 0 Å². The Morgan fingerprint density at radius 1 is 0.960 bits per heavy atom. The molecule has 4 heteroatoms. The van der Waals surface area contributed by atoms with Crippen molar-refractivity contribution >= 4 is 11.6 Å². The molecule has 1 N–H and O–H groups in total. The molecule has 25 heavy (non-hydrogen) atoms. The number of hydrazone groups is 1. The molecule has 0 aliphatic rings. The summed E-state index contributed by atoms with van der Waals surface area (Å²) in [5.74, 6) is 0.557. The minimum absolute atomic E-state index is 0.232. The molecule has 0 bridgehead atoms. The van der Waals surface area contributed by atoms with Gasteiger partial charge in [-0.1, -0.05) is 56.5 Å². The Kier molecular flexibility index (Phi) is 7.70. The minimum atomic E-state index is -0.232. The van der Waals surface area contributed by atoms with Crippen LogP contribution >= 0.6 is 0 Å². The number of benzene rings is 2. The zero-order valence-electron chi connectivity index (χ0n) is 15.0. The maximum atomic E-state index is 12.2. The average Bonchev–Trinajstić information content (AvgIpc) is 2.67. The molecule has 2 aromatic rings. The van der Waals surface area contributed by atoms with E-state index in [0.29, 0.717) is 12.2 Å². The summed E-state index contributed by atoms with van der Waals surface area (Å²) in [6, 6.07) is 16.9. The van der Waals surface area contributed by atoms with Gasteiger partial charge < -0.3 is 4.74 Å². The predicted octanol–water partition coefficient (Wildman–Crippen LogP) is 4.80. The Hall–Kier alpha value is -2.62. The Balaban J connectivity index is 1.83. The van der Waals surface area contributed by atoms with Gasteiger partial charge in [-0.3, -0.25) is 4.79 Å². The minimum Gasteiger partial charge on any atom is -0.494 e. The lowest BCUT2D eigenvalue weighted by molar-refractivity contribution is 0.0955. The molecule has 0 unspecified atom stereocenters. The van der Waals surface area contributed by atoms with Crippen molar-refractivity contribution in [3.8, 4) is 5.75 Å². The van der Waals surface area contributed by atoms with Crippen LogP contribution in [0.15, 0.2) is 59.7 Å². The molecule has 0 saturated carbocycles. The first-order valence-electron chi connectivity index (χ1n) is 8.83. The summed E-state index contributed by atoms with van der Waals surface area (Å²) >= 11 is 0. The van der Waals surface area contributed by atoms with Crippen LogP contribution in [0.1, 0.15) is 55.5 Å². The van der Waals surface area contributed by atoms with E-state index in [4.69, 9.17) is 4.74 Å². The van der Waals surface area contributed by atoms with Gasteiger partial charge >= 0.3 is 0 Å². The summed E-state index contributed by atoms with van der Waals surface area (Å²) in [5, 5.41) is 4.16. The summed E-state index contributed by atoms with van der Waals surface area (Å²) in [6.07, 6.45) is 4.71. The van der Waals surface area contributed by atoms with Crippen molar-refractivity contribution in [3.05, 3.63) is 65.7 Å². The Labute approximate surface area is 149 Å². The molecular weight excluding hydrogens is 312 g/mol. The first kappa shape index (κ1) is 18.7. The van der Waals surface area contributed by atoms with Crippen LogP contribution < -0.4 is 10.2 Å². The second-order valence-corrected chi connectivity index (χ2v) is 5.94. The lowest BCUT2D eigenvalue weighted by Gasteiger charge is -2.07. The summed E-state index contributed by atoms with van der Waals surface area (Å²) < 4.78 is 5.68. The second kappa shape index (κ2) is 10.3. The average molecular weight is 338 g/mol. The summed E-state index contributed by atoms with van der Waals surface area (Å²) in [4.78, 5) is 12.2. The maximum absolute atomic E-state index is 12.2. The van der Waals surface area contributed by atoms with E-state index in [1.807, 2.05) is 49.4 Å². The fraction of sp³-hybridized carbons (Fsp3) is 0.333. The normalized spacial score (nSPS) is 11.2. The Morgan fingerprint density at radius 3 is 2.36 bits per heavy atom. The standard InChI is InChI=1S/C21H26N2O2/c1-3-4-5-9-16-25-20-14-12-19(13-15-20)21(24)23-22-17(2)18-10-7-6-8-11-18/h6-8,10-15H,3-5,9,16H2,1-2H3,(H,23,24)/b22-17+. The molecule has 1 amide bonds. The number of hydrogen-bond acceptors (Lipinski definition) is 3. The highest BCUT2D eigenvalue weighted by Gasteiger charge is 2.05. The van der Waals surface area contributed by atoms with E-state index in [1.165, 1.54) is 19.3 Å². The van der Waals surface area contributed by atoms with E-state index in [2.05, 4.69) is 17.5 Å². The topological polar surface area (TPSA) is 50.7 Å². The summed E-state index contributed by atoms with van der Waals surface area (Å²) in [5.41, 5.74) is 4.90. The second-order valence-electron chi connectivity index (χ2n) is 5.94. The van der Waals surface area contributed by atoms with Gasteiger partial charge in [0.05, 0.1) is 12.3 Å². The number of amides is 1. The summed E-state index contributed by atoms with van der Waals surface area (Å²) in [7, 11) is 0. The molecule has 0 fully saturated rings. The number of carbonyl (C=O) groups is 1. The molecule has 0 spiro atoms. The largest absolute Gasteiger partial charge is 0.494 e. The van der Waals surface area contributed by atoms with Gasteiger partial charge in [0.25, 0.3) is 5.91 Å². The van der Waals surface area contributed by atoms with Gasteiger partial charge in [-0.15, -0.1) is 0 Å². The number of nitrogens with zero attached hydrogens (tertiary/aromatic N) is 1. The third kappa shape index (κ3) is 6.42. The van der Waals surface area contributed by atoms with E-state index >= 15 is 0 Å². The van der Waals surface area contributed by atoms with Crippen molar-refractivity contribution in [2.75, 3.05) is 6.61 Å². The highest BCUT2D eigenvalue weighted by molar-refractivity contribution is 6.00. The van der Waals surface area contributed by atoms with Crippen LogP contribution in [0.3, 0.4) is 0 Å². The van der Waals surface area contributed by atoms with E-state index in [1.54, 1.807) is 12.1 Å². The number of hydrogen-bond donors (Lipinski definition) is 1. The van der Waals surface area contributed by atoms with Gasteiger partial charge in [-0.25, -0.2) is 5.43 Å². The van der Waals surface area contributed by atoms with Gasteiger partial charge in [-0.05, 0) is 43.2 Å². The smallest absolute Gasteiger partial charge is 0.271 e. The highest BCUT2D eigenvalue weighted by atomic mass is 16.5. The highest BCUT2D eigenvalue weighted by Crippen LogP contribution is 2.13. The third-order valence-corrected chi connectivity index (χ3v) is 3.90. The van der Waals surface area contributed by atoms with E-state index in [-0.39, 0.29) is 5.91 Å². The molecule has 0 heterocycles. The number of carbonyl (C=O) groups excluding carboxylic acids is 1.